The van der Waals surface area contributed by atoms with Gasteiger partial charge in [-0.2, -0.15) is 9.29 Å². The number of rotatable bonds is 5. The molecule has 2 heterocycles. The number of benzene rings is 2. The normalized spacial score (nSPS) is 16.3. The van der Waals surface area contributed by atoms with Crippen LogP contribution in [0.4, 0.5) is 4.39 Å². The van der Waals surface area contributed by atoms with Crippen molar-refractivity contribution in [2.24, 2.45) is 0 Å². The Labute approximate surface area is 162 Å². The Balaban J connectivity index is 1.39. The first-order valence-electron chi connectivity index (χ1n) is 9.00. The fourth-order valence-corrected chi connectivity index (χ4v) is 4.76. The van der Waals surface area contributed by atoms with Crippen molar-refractivity contribution in [1.82, 2.24) is 14.4 Å². The lowest BCUT2D eigenvalue weighted by atomic mass is 10.2. The smallest absolute Gasteiger partial charge is 0.282 e. The number of hydrogen-bond acceptors (Lipinski definition) is 5. The van der Waals surface area contributed by atoms with Gasteiger partial charge in [0.25, 0.3) is 5.89 Å². The third kappa shape index (κ3) is 3.82. The van der Waals surface area contributed by atoms with Crippen LogP contribution in [0.5, 0.6) is 0 Å². The minimum absolute atomic E-state index is 0.275. The molecule has 1 N–H and O–H groups in total. The number of quaternary nitrogens is 1. The molecule has 7 nitrogen and oxygen atoms in total. The SMILES string of the molecule is O=S(=O)(c1ccccc1F)N1CC[NH+](Cc2nc(-c3ccccc3)no2)CC1. The molecule has 0 unspecified atom stereocenters. The summed E-state index contributed by atoms with van der Waals surface area (Å²) in [7, 11) is -3.83. The molecule has 28 heavy (non-hydrogen) atoms. The summed E-state index contributed by atoms with van der Waals surface area (Å²) in [5, 5.41) is 4.01. The van der Waals surface area contributed by atoms with E-state index in [2.05, 4.69) is 10.1 Å². The average molecular weight is 403 g/mol. The lowest BCUT2D eigenvalue weighted by Gasteiger charge is -2.30. The van der Waals surface area contributed by atoms with Crippen LogP contribution in [-0.2, 0) is 16.6 Å². The first-order chi connectivity index (χ1) is 13.5. The zero-order valence-corrected chi connectivity index (χ0v) is 15.9. The molecule has 3 aromatic rings. The maximum atomic E-state index is 13.9. The van der Waals surface area contributed by atoms with Crippen LogP contribution in [0, 0.1) is 5.82 Å². The lowest BCUT2D eigenvalue weighted by Crippen LogP contribution is -3.13. The number of sulfonamides is 1. The van der Waals surface area contributed by atoms with Crippen LogP contribution in [0.1, 0.15) is 5.89 Å². The van der Waals surface area contributed by atoms with E-state index in [0.29, 0.717) is 44.4 Å². The molecule has 0 radical (unpaired) electrons. The second-order valence-electron chi connectivity index (χ2n) is 6.64. The number of aromatic nitrogens is 2. The molecular weight excluding hydrogens is 383 g/mol. The molecule has 4 rings (SSSR count). The summed E-state index contributed by atoms with van der Waals surface area (Å²) in [5.74, 6) is 0.326. The minimum atomic E-state index is -3.83. The fourth-order valence-electron chi connectivity index (χ4n) is 3.26. The summed E-state index contributed by atoms with van der Waals surface area (Å²) in [5.41, 5.74) is 0.883. The molecule has 0 bridgehead atoms. The maximum absolute atomic E-state index is 13.9. The van der Waals surface area contributed by atoms with E-state index in [1.54, 1.807) is 0 Å². The van der Waals surface area contributed by atoms with Gasteiger partial charge in [-0.05, 0) is 12.1 Å². The van der Waals surface area contributed by atoms with Crippen LogP contribution in [-0.4, -0.2) is 49.0 Å². The average Bonchev–Trinajstić information content (AvgIpc) is 3.18. The van der Waals surface area contributed by atoms with Crippen LogP contribution in [0.2, 0.25) is 0 Å². The third-order valence-corrected chi connectivity index (χ3v) is 6.72. The van der Waals surface area contributed by atoms with E-state index in [9.17, 15) is 12.8 Å². The van der Waals surface area contributed by atoms with Gasteiger partial charge in [0.1, 0.15) is 10.7 Å². The second kappa shape index (κ2) is 7.78. The highest BCUT2D eigenvalue weighted by Crippen LogP contribution is 2.19. The fraction of sp³-hybridized carbons (Fsp3) is 0.263. The van der Waals surface area contributed by atoms with Gasteiger partial charge in [0, 0.05) is 5.56 Å². The van der Waals surface area contributed by atoms with Gasteiger partial charge in [-0.15, -0.1) is 0 Å². The highest BCUT2D eigenvalue weighted by atomic mass is 32.2. The third-order valence-electron chi connectivity index (χ3n) is 4.79. The Hall–Kier alpha value is -2.62. The van der Waals surface area contributed by atoms with Gasteiger partial charge < -0.3 is 9.42 Å². The molecule has 0 amide bonds. The summed E-state index contributed by atoms with van der Waals surface area (Å²) in [6, 6.07) is 15.0. The summed E-state index contributed by atoms with van der Waals surface area (Å²) in [6.07, 6.45) is 0. The molecule has 1 saturated heterocycles. The Morgan fingerprint density at radius 1 is 1.04 bits per heavy atom. The van der Waals surface area contributed by atoms with Crippen molar-refractivity contribution in [3.05, 3.63) is 66.3 Å². The van der Waals surface area contributed by atoms with Crippen molar-refractivity contribution in [2.75, 3.05) is 26.2 Å². The Morgan fingerprint density at radius 3 is 2.43 bits per heavy atom. The molecule has 146 valence electrons. The molecule has 0 spiro atoms. The molecule has 1 aliphatic rings. The van der Waals surface area contributed by atoms with Gasteiger partial charge in [-0.25, -0.2) is 12.8 Å². The monoisotopic (exact) mass is 403 g/mol. The van der Waals surface area contributed by atoms with E-state index < -0.39 is 15.8 Å². The quantitative estimate of drug-likeness (QED) is 0.687. The highest BCUT2D eigenvalue weighted by Gasteiger charge is 2.32. The van der Waals surface area contributed by atoms with Crippen LogP contribution < -0.4 is 4.90 Å². The van der Waals surface area contributed by atoms with E-state index in [1.165, 1.54) is 22.5 Å². The number of nitrogens with zero attached hydrogens (tertiary/aromatic N) is 3. The summed E-state index contributed by atoms with van der Waals surface area (Å²) < 4.78 is 45.9. The summed E-state index contributed by atoms with van der Waals surface area (Å²) >= 11 is 0. The molecule has 0 aliphatic carbocycles. The molecular formula is C19H20FN4O3S+. The van der Waals surface area contributed by atoms with Gasteiger partial charge in [0.15, 0.2) is 6.54 Å². The zero-order valence-electron chi connectivity index (χ0n) is 15.1. The number of hydrogen-bond donors (Lipinski definition) is 1. The van der Waals surface area contributed by atoms with Gasteiger partial charge in [0.2, 0.25) is 15.8 Å². The van der Waals surface area contributed by atoms with E-state index >= 15 is 0 Å². The Kier molecular flexibility index (Phi) is 5.21. The van der Waals surface area contributed by atoms with Gasteiger partial charge in [-0.1, -0.05) is 47.6 Å². The largest absolute Gasteiger partial charge is 0.333 e. The Morgan fingerprint density at radius 2 is 1.71 bits per heavy atom. The maximum Gasteiger partial charge on any atom is 0.282 e. The highest BCUT2D eigenvalue weighted by molar-refractivity contribution is 7.89. The number of halogens is 1. The van der Waals surface area contributed by atoms with E-state index in [4.69, 9.17) is 4.52 Å². The van der Waals surface area contributed by atoms with E-state index in [1.807, 2.05) is 30.3 Å². The van der Waals surface area contributed by atoms with Gasteiger partial charge in [0.05, 0.1) is 26.2 Å². The molecule has 9 heteroatoms. The van der Waals surface area contributed by atoms with Crippen molar-refractivity contribution in [3.63, 3.8) is 0 Å². The Bertz CT molecular complexity index is 1050. The number of piperazine rings is 1. The zero-order chi connectivity index (χ0) is 19.6. The number of nitrogens with one attached hydrogen (secondary N) is 1. The van der Waals surface area contributed by atoms with E-state index in [-0.39, 0.29) is 4.90 Å². The molecule has 0 atom stereocenters. The van der Waals surface area contributed by atoms with Crippen molar-refractivity contribution in [2.45, 2.75) is 11.4 Å². The summed E-state index contributed by atoms with van der Waals surface area (Å²) in [6.45, 7) is 2.30. The first-order valence-corrected chi connectivity index (χ1v) is 10.4. The molecule has 1 fully saturated rings. The molecule has 1 aromatic heterocycles. The van der Waals surface area contributed by atoms with Crippen molar-refractivity contribution in [1.29, 1.82) is 0 Å². The lowest BCUT2D eigenvalue weighted by molar-refractivity contribution is -0.918. The predicted molar refractivity (Wildman–Crippen MR) is 99.3 cm³/mol. The van der Waals surface area contributed by atoms with E-state index in [0.717, 1.165) is 16.5 Å². The summed E-state index contributed by atoms with van der Waals surface area (Å²) in [4.78, 5) is 5.29. The van der Waals surface area contributed by atoms with Crippen molar-refractivity contribution in [3.8, 4) is 11.4 Å². The molecule has 0 saturated carbocycles. The van der Waals surface area contributed by atoms with Crippen LogP contribution in [0.3, 0.4) is 0 Å². The first kappa shape index (κ1) is 18.7. The minimum Gasteiger partial charge on any atom is -0.333 e. The van der Waals surface area contributed by atoms with Gasteiger partial charge >= 0.3 is 0 Å². The van der Waals surface area contributed by atoms with Crippen molar-refractivity contribution < 1.29 is 22.2 Å². The molecule has 1 aliphatic heterocycles. The van der Waals surface area contributed by atoms with Crippen LogP contribution >= 0.6 is 0 Å². The molecule has 2 aromatic carbocycles. The predicted octanol–water partition coefficient (Wildman–Crippen LogP) is 0.965. The van der Waals surface area contributed by atoms with Crippen LogP contribution in [0.25, 0.3) is 11.4 Å². The topological polar surface area (TPSA) is 80.7 Å². The second-order valence-corrected chi connectivity index (χ2v) is 8.55. The van der Waals surface area contributed by atoms with Crippen LogP contribution in [0.15, 0.2) is 64.0 Å². The van der Waals surface area contributed by atoms with Crippen molar-refractivity contribution >= 4 is 10.0 Å². The van der Waals surface area contributed by atoms with Gasteiger partial charge in [-0.3, -0.25) is 0 Å². The standard InChI is InChI=1S/C19H19FN4O3S/c20-16-8-4-5-9-17(16)28(25,26)24-12-10-23(11-13-24)14-18-21-19(22-27-18)15-6-2-1-3-7-15/h1-9H,10-14H2/p+1.